The van der Waals surface area contributed by atoms with Gasteiger partial charge in [-0.2, -0.15) is 5.10 Å². The molecule has 0 saturated heterocycles. The van der Waals surface area contributed by atoms with E-state index in [9.17, 15) is 4.79 Å². The summed E-state index contributed by atoms with van der Waals surface area (Å²) in [7, 11) is 0. The number of carbonyl (C=O) groups is 1. The van der Waals surface area contributed by atoms with Crippen LogP contribution in [-0.4, -0.2) is 16.1 Å². The number of H-pyrrole nitrogens is 1. The largest absolute Gasteiger partial charge is 0.305 e. The maximum atomic E-state index is 11.9. The van der Waals surface area contributed by atoms with Crippen molar-refractivity contribution in [3.05, 3.63) is 45.2 Å². The first-order valence-corrected chi connectivity index (χ1v) is 6.76. The molecule has 1 heterocycles. The van der Waals surface area contributed by atoms with Gasteiger partial charge in [0.15, 0.2) is 5.82 Å². The first kappa shape index (κ1) is 13.1. The zero-order valence-electron chi connectivity index (χ0n) is 10.2. The fraction of sp³-hybridized carbons (Fsp3) is 0.231. The molecule has 0 saturated carbocycles. The Morgan fingerprint density at radius 1 is 1.33 bits per heavy atom. The minimum absolute atomic E-state index is 0.145. The molecule has 4 nitrogen and oxygen atoms in total. The molecule has 0 atom stereocenters. The molecule has 0 radical (unpaired) electrons. The average molecular weight is 355 g/mol. The first-order valence-electron chi connectivity index (χ1n) is 5.68. The second kappa shape index (κ2) is 5.51. The number of hydrogen-bond acceptors (Lipinski definition) is 2. The maximum absolute atomic E-state index is 11.9. The van der Waals surface area contributed by atoms with Gasteiger partial charge in [-0.25, -0.2) is 0 Å². The number of rotatable bonds is 3. The standard InChI is InChI=1S/C13H14IN3O/c1-8(2)11-7-12(17-16-11)15-13(18)9-3-5-10(14)6-4-9/h3-8H,1-2H3,(H2,15,16,17,18). The van der Waals surface area contributed by atoms with Gasteiger partial charge in [0.05, 0.1) is 0 Å². The van der Waals surface area contributed by atoms with Crippen LogP contribution in [0.5, 0.6) is 0 Å². The molecule has 0 aliphatic rings. The van der Waals surface area contributed by atoms with Crippen LogP contribution in [0, 0.1) is 3.57 Å². The van der Waals surface area contributed by atoms with E-state index in [0.717, 1.165) is 9.26 Å². The van der Waals surface area contributed by atoms with Gasteiger partial charge in [0.2, 0.25) is 0 Å². The van der Waals surface area contributed by atoms with Crippen LogP contribution < -0.4 is 5.32 Å². The molecule has 5 heteroatoms. The predicted octanol–water partition coefficient (Wildman–Crippen LogP) is 3.39. The summed E-state index contributed by atoms with van der Waals surface area (Å²) in [5, 5.41) is 9.74. The Balaban J connectivity index is 2.08. The fourth-order valence-corrected chi connectivity index (χ4v) is 1.85. The fourth-order valence-electron chi connectivity index (χ4n) is 1.49. The van der Waals surface area contributed by atoms with Crippen LogP contribution in [0.4, 0.5) is 5.82 Å². The van der Waals surface area contributed by atoms with Gasteiger partial charge < -0.3 is 5.32 Å². The highest BCUT2D eigenvalue weighted by molar-refractivity contribution is 14.1. The van der Waals surface area contributed by atoms with Crippen LogP contribution in [0.2, 0.25) is 0 Å². The van der Waals surface area contributed by atoms with Gasteiger partial charge in [-0.3, -0.25) is 9.89 Å². The van der Waals surface area contributed by atoms with E-state index in [1.54, 1.807) is 12.1 Å². The SMILES string of the molecule is CC(C)c1cc(NC(=O)c2ccc(I)cc2)n[nH]1. The molecule has 0 aliphatic heterocycles. The average Bonchev–Trinajstić information content (AvgIpc) is 2.78. The number of carbonyl (C=O) groups excluding carboxylic acids is 1. The van der Waals surface area contributed by atoms with E-state index in [-0.39, 0.29) is 5.91 Å². The van der Waals surface area contributed by atoms with E-state index in [4.69, 9.17) is 0 Å². The smallest absolute Gasteiger partial charge is 0.256 e. The zero-order valence-corrected chi connectivity index (χ0v) is 12.4. The highest BCUT2D eigenvalue weighted by Crippen LogP contribution is 2.15. The Morgan fingerprint density at radius 2 is 2.00 bits per heavy atom. The number of anilines is 1. The van der Waals surface area contributed by atoms with Crippen molar-refractivity contribution in [2.24, 2.45) is 0 Å². The van der Waals surface area contributed by atoms with E-state index in [2.05, 4.69) is 52.0 Å². The normalized spacial score (nSPS) is 10.7. The highest BCUT2D eigenvalue weighted by Gasteiger charge is 2.09. The van der Waals surface area contributed by atoms with Crippen molar-refractivity contribution >= 4 is 34.3 Å². The van der Waals surface area contributed by atoms with Gasteiger partial charge in [0, 0.05) is 20.9 Å². The Kier molecular flexibility index (Phi) is 4.00. The van der Waals surface area contributed by atoms with Gasteiger partial charge in [-0.1, -0.05) is 13.8 Å². The van der Waals surface area contributed by atoms with Crippen molar-refractivity contribution in [1.82, 2.24) is 10.2 Å². The minimum atomic E-state index is -0.145. The highest BCUT2D eigenvalue weighted by atomic mass is 127. The van der Waals surface area contributed by atoms with Crippen molar-refractivity contribution in [1.29, 1.82) is 0 Å². The summed E-state index contributed by atoms with van der Waals surface area (Å²) in [6.45, 7) is 4.14. The zero-order chi connectivity index (χ0) is 13.1. The van der Waals surface area contributed by atoms with Gasteiger partial charge in [0.1, 0.15) is 0 Å². The summed E-state index contributed by atoms with van der Waals surface area (Å²) in [6, 6.07) is 9.26. The van der Waals surface area contributed by atoms with E-state index in [1.165, 1.54) is 0 Å². The molecule has 0 spiro atoms. The molecule has 2 aromatic rings. The lowest BCUT2D eigenvalue weighted by Gasteiger charge is -2.01. The van der Waals surface area contributed by atoms with Gasteiger partial charge in [-0.15, -0.1) is 0 Å². The lowest BCUT2D eigenvalue weighted by Crippen LogP contribution is -2.11. The molecule has 0 fully saturated rings. The third kappa shape index (κ3) is 3.10. The second-order valence-corrected chi connectivity index (χ2v) is 5.57. The van der Waals surface area contributed by atoms with Crippen LogP contribution in [0.1, 0.15) is 35.8 Å². The molecule has 1 amide bonds. The molecule has 18 heavy (non-hydrogen) atoms. The third-order valence-corrected chi connectivity index (χ3v) is 3.29. The van der Waals surface area contributed by atoms with Gasteiger partial charge in [0.25, 0.3) is 5.91 Å². The van der Waals surface area contributed by atoms with E-state index >= 15 is 0 Å². The quantitative estimate of drug-likeness (QED) is 0.830. The van der Waals surface area contributed by atoms with Crippen molar-refractivity contribution in [2.45, 2.75) is 19.8 Å². The minimum Gasteiger partial charge on any atom is -0.305 e. The number of amides is 1. The summed E-state index contributed by atoms with van der Waals surface area (Å²) >= 11 is 2.20. The summed E-state index contributed by atoms with van der Waals surface area (Å²) in [4.78, 5) is 11.9. The molecule has 0 unspecified atom stereocenters. The first-order chi connectivity index (χ1) is 8.56. The Labute approximate surface area is 119 Å². The van der Waals surface area contributed by atoms with Crippen LogP contribution in [0.3, 0.4) is 0 Å². The van der Waals surface area contributed by atoms with Crippen molar-refractivity contribution in [2.75, 3.05) is 5.32 Å². The van der Waals surface area contributed by atoms with E-state index < -0.39 is 0 Å². The van der Waals surface area contributed by atoms with E-state index in [1.807, 2.05) is 18.2 Å². The summed E-state index contributed by atoms with van der Waals surface area (Å²) in [6.07, 6.45) is 0. The molecular weight excluding hydrogens is 341 g/mol. The molecule has 2 rings (SSSR count). The number of aromatic amines is 1. The van der Waals surface area contributed by atoms with Crippen LogP contribution in [-0.2, 0) is 0 Å². The lowest BCUT2D eigenvalue weighted by atomic mass is 10.1. The molecular formula is C13H14IN3O. The summed E-state index contributed by atoms with van der Waals surface area (Å²) < 4.78 is 1.10. The van der Waals surface area contributed by atoms with Crippen LogP contribution in [0.15, 0.2) is 30.3 Å². The number of benzene rings is 1. The molecule has 0 bridgehead atoms. The number of aromatic nitrogens is 2. The van der Waals surface area contributed by atoms with Crippen molar-refractivity contribution in [3.63, 3.8) is 0 Å². The topological polar surface area (TPSA) is 57.8 Å². The lowest BCUT2D eigenvalue weighted by molar-refractivity contribution is 0.102. The Bertz CT molecular complexity index is 546. The predicted molar refractivity (Wildman–Crippen MR) is 79.8 cm³/mol. The number of hydrogen-bond donors (Lipinski definition) is 2. The van der Waals surface area contributed by atoms with Crippen LogP contribution >= 0.6 is 22.6 Å². The Hall–Kier alpha value is -1.37. The van der Waals surface area contributed by atoms with E-state index in [0.29, 0.717) is 17.3 Å². The number of halogens is 1. The second-order valence-electron chi connectivity index (χ2n) is 4.32. The van der Waals surface area contributed by atoms with Crippen molar-refractivity contribution in [3.8, 4) is 0 Å². The van der Waals surface area contributed by atoms with Gasteiger partial charge >= 0.3 is 0 Å². The summed E-state index contributed by atoms with van der Waals surface area (Å²) in [5.74, 6) is 0.775. The third-order valence-electron chi connectivity index (χ3n) is 2.57. The maximum Gasteiger partial charge on any atom is 0.256 e. The van der Waals surface area contributed by atoms with Crippen molar-refractivity contribution < 1.29 is 4.79 Å². The molecule has 2 N–H and O–H groups in total. The molecule has 0 aliphatic carbocycles. The monoisotopic (exact) mass is 355 g/mol. The van der Waals surface area contributed by atoms with Gasteiger partial charge in [-0.05, 0) is 52.8 Å². The molecule has 94 valence electrons. The number of nitrogens with one attached hydrogen (secondary N) is 2. The van der Waals surface area contributed by atoms with Crippen LogP contribution in [0.25, 0.3) is 0 Å². The molecule has 1 aromatic carbocycles. The molecule has 1 aromatic heterocycles. The Morgan fingerprint density at radius 3 is 2.56 bits per heavy atom. The number of nitrogens with zero attached hydrogens (tertiary/aromatic N) is 1. The summed E-state index contributed by atoms with van der Waals surface area (Å²) in [5.41, 5.74) is 1.64.